The highest BCUT2D eigenvalue weighted by molar-refractivity contribution is 7.99. The van der Waals surface area contributed by atoms with E-state index >= 15 is 0 Å². The van der Waals surface area contributed by atoms with Crippen LogP contribution in [-0.2, 0) is 28.7 Å². The molecule has 1 amide bonds. The lowest BCUT2D eigenvalue weighted by Crippen LogP contribution is -2.43. The van der Waals surface area contributed by atoms with Crippen LogP contribution < -0.4 is 5.32 Å². The highest BCUT2D eigenvalue weighted by atomic mass is 32.2. The van der Waals surface area contributed by atoms with Gasteiger partial charge >= 0.3 is 11.9 Å². The molecule has 1 aromatic heterocycles. The minimum atomic E-state index is -0.825. The van der Waals surface area contributed by atoms with Gasteiger partial charge < -0.3 is 19.6 Å². The monoisotopic (exact) mass is 410 g/mol. The van der Waals surface area contributed by atoms with Crippen molar-refractivity contribution in [3.63, 3.8) is 0 Å². The maximum Gasteiger partial charge on any atom is 0.329 e. The lowest BCUT2D eigenvalue weighted by Gasteiger charge is -2.22. The average molecular weight is 410 g/mol. The lowest BCUT2D eigenvalue weighted by atomic mass is 9.89. The molecule has 0 aliphatic carbocycles. The molecule has 8 nitrogen and oxygen atoms in total. The van der Waals surface area contributed by atoms with E-state index in [1.54, 1.807) is 32.2 Å². The van der Waals surface area contributed by atoms with Crippen molar-refractivity contribution in [2.45, 2.75) is 32.7 Å². The van der Waals surface area contributed by atoms with Gasteiger partial charge in [-0.2, -0.15) is 11.8 Å². The standard InChI is InChI=1S/C19H26N2O6S/c1-4-26-18(24)16(21-13(3)23)12-28-11-15(10-22)17(19(25)27-5-2)14-7-6-8-20-9-14/h6-10,15-17H,4-5,11-12H2,1-3H3,(H,21,23). The van der Waals surface area contributed by atoms with Gasteiger partial charge in [0.05, 0.1) is 19.1 Å². The molecule has 9 heteroatoms. The van der Waals surface area contributed by atoms with Crippen LogP contribution >= 0.6 is 11.8 Å². The van der Waals surface area contributed by atoms with E-state index in [4.69, 9.17) is 9.47 Å². The Morgan fingerprint density at radius 3 is 2.39 bits per heavy atom. The van der Waals surface area contributed by atoms with E-state index < -0.39 is 29.8 Å². The molecule has 0 aliphatic heterocycles. The van der Waals surface area contributed by atoms with Crippen LogP contribution in [0.1, 0.15) is 32.3 Å². The number of ether oxygens (including phenoxy) is 2. The maximum absolute atomic E-state index is 12.4. The van der Waals surface area contributed by atoms with Crippen molar-refractivity contribution in [2.75, 3.05) is 24.7 Å². The highest BCUT2D eigenvalue weighted by Crippen LogP contribution is 2.28. The van der Waals surface area contributed by atoms with Crippen LogP contribution in [0.25, 0.3) is 0 Å². The summed E-state index contributed by atoms with van der Waals surface area (Å²) in [5.41, 5.74) is 0.586. The van der Waals surface area contributed by atoms with Crippen molar-refractivity contribution in [1.82, 2.24) is 10.3 Å². The molecular formula is C19H26N2O6S. The number of aldehydes is 1. The van der Waals surface area contributed by atoms with Crippen LogP contribution in [0.5, 0.6) is 0 Å². The molecule has 0 bridgehead atoms. The molecule has 0 saturated carbocycles. The second-order valence-electron chi connectivity index (χ2n) is 5.86. The van der Waals surface area contributed by atoms with Gasteiger partial charge in [-0.15, -0.1) is 0 Å². The molecule has 0 fully saturated rings. The maximum atomic E-state index is 12.4. The Morgan fingerprint density at radius 2 is 1.86 bits per heavy atom. The number of carbonyl (C=O) groups excluding carboxylic acids is 4. The Labute approximate surface area is 168 Å². The summed E-state index contributed by atoms with van der Waals surface area (Å²) in [7, 11) is 0. The number of hydrogen-bond donors (Lipinski definition) is 1. The molecule has 1 aromatic rings. The number of hydrogen-bond acceptors (Lipinski definition) is 8. The molecule has 3 atom stereocenters. The second-order valence-corrected chi connectivity index (χ2v) is 6.93. The van der Waals surface area contributed by atoms with E-state index in [2.05, 4.69) is 10.3 Å². The Hall–Kier alpha value is -2.42. The van der Waals surface area contributed by atoms with E-state index in [1.165, 1.54) is 24.9 Å². The molecule has 0 saturated heterocycles. The lowest BCUT2D eigenvalue weighted by molar-refractivity contribution is -0.147. The Morgan fingerprint density at radius 1 is 1.18 bits per heavy atom. The van der Waals surface area contributed by atoms with Crippen molar-refractivity contribution >= 4 is 35.9 Å². The number of thioether (sulfide) groups is 1. The van der Waals surface area contributed by atoms with Gasteiger partial charge in [-0.05, 0) is 25.5 Å². The molecule has 0 spiro atoms. The van der Waals surface area contributed by atoms with E-state index in [0.29, 0.717) is 11.8 Å². The summed E-state index contributed by atoms with van der Waals surface area (Å²) in [5.74, 6) is -2.39. The Bertz CT molecular complexity index is 655. The van der Waals surface area contributed by atoms with Gasteiger partial charge in [-0.25, -0.2) is 4.79 Å². The van der Waals surface area contributed by atoms with Crippen molar-refractivity contribution in [3.8, 4) is 0 Å². The number of rotatable bonds is 12. The quantitative estimate of drug-likeness (QED) is 0.406. The van der Waals surface area contributed by atoms with E-state index in [1.807, 2.05) is 0 Å². The fourth-order valence-electron chi connectivity index (χ4n) is 2.54. The number of nitrogens with zero attached hydrogens (tertiary/aromatic N) is 1. The smallest absolute Gasteiger partial charge is 0.329 e. The molecule has 0 radical (unpaired) electrons. The zero-order chi connectivity index (χ0) is 20.9. The second kappa shape index (κ2) is 12.9. The molecule has 1 rings (SSSR count). The predicted octanol–water partition coefficient (Wildman–Crippen LogP) is 1.34. The van der Waals surface area contributed by atoms with Gasteiger partial charge in [0, 0.05) is 36.7 Å². The fraction of sp³-hybridized carbons (Fsp3) is 0.526. The summed E-state index contributed by atoms with van der Waals surface area (Å²) in [4.78, 5) is 51.4. The van der Waals surface area contributed by atoms with Crippen molar-refractivity contribution in [1.29, 1.82) is 0 Å². The highest BCUT2D eigenvalue weighted by Gasteiger charge is 2.32. The summed E-state index contributed by atoms with van der Waals surface area (Å²) in [6, 6.07) is 2.58. The third-order valence-corrected chi connectivity index (χ3v) is 4.92. The predicted molar refractivity (Wildman–Crippen MR) is 105 cm³/mol. The first-order chi connectivity index (χ1) is 13.4. The molecule has 0 aliphatic rings. The van der Waals surface area contributed by atoms with Gasteiger partial charge in [0.2, 0.25) is 5.91 Å². The third kappa shape index (κ3) is 7.67. The summed E-state index contributed by atoms with van der Waals surface area (Å²) in [5, 5.41) is 2.54. The topological polar surface area (TPSA) is 112 Å². The van der Waals surface area contributed by atoms with Gasteiger partial charge in [0.25, 0.3) is 0 Å². The van der Waals surface area contributed by atoms with E-state index in [-0.39, 0.29) is 30.6 Å². The van der Waals surface area contributed by atoms with Crippen LogP contribution in [0.2, 0.25) is 0 Å². The zero-order valence-corrected chi connectivity index (χ0v) is 17.1. The molecule has 154 valence electrons. The minimum Gasteiger partial charge on any atom is -0.466 e. The summed E-state index contributed by atoms with van der Waals surface area (Å²) < 4.78 is 10.1. The fourth-order valence-corrected chi connectivity index (χ4v) is 3.68. The van der Waals surface area contributed by atoms with Crippen LogP contribution in [0.3, 0.4) is 0 Å². The third-order valence-electron chi connectivity index (χ3n) is 3.73. The molecule has 28 heavy (non-hydrogen) atoms. The molecular weight excluding hydrogens is 384 g/mol. The number of pyridine rings is 1. The number of aromatic nitrogens is 1. The SMILES string of the molecule is CCOC(=O)C(CSCC(C=O)C(C(=O)OCC)c1cccnc1)NC(C)=O. The minimum absolute atomic E-state index is 0.196. The largest absolute Gasteiger partial charge is 0.466 e. The number of carbonyl (C=O) groups is 4. The molecule has 0 aromatic carbocycles. The number of esters is 2. The normalized spacial score (nSPS) is 13.7. The zero-order valence-electron chi connectivity index (χ0n) is 16.3. The number of amides is 1. The van der Waals surface area contributed by atoms with Gasteiger partial charge in [-0.1, -0.05) is 6.07 Å². The van der Waals surface area contributed by atoms with Crippen LogP contribution in [-0.4, -0.2) is 59.9 Å². The van der Waals surface area contributed by atoms with Gasteiger partial charge in [0.15, 0.2) is 0 Å². The molecule has 1 N–H and O–H groups in total. The van der Waals surface area contributed by atoms with Crippen LogP contribution in [0.4, 0.5) is 0 Å². The van der Waals surface area contributed by atoms with Gasteiger partial charge in [-0.3, -0.25) is 14.6 Å². The molecule has 1 heterocycles. The Balaban J connectivity index is 2.85. The van der Waals surface area contributed by atoms with Crippen molar-refractivity contribution < 1.29 is 28.7 Å². The number of nitrogens with one attached hydrogen (secondary N) is 1. The van der Waals surface area contributed by atoms with Crippen molar-refractivity contribution in [2.24, 2.45) is 5.92 Å². The van der Waals surface area contributed by atoms with E-state index in [9.17, 15) is 19.2 Å². The van der Waals surface area contributed by atoms with Crippen LogP contribution in [0, 0.1) is 5.92 Å². The summed E-state index contributed by atoms with van der Waals surface area (Å²) in [6.45, 7) is 5.07. The van der Waals surface area contributed by atoms with E-state index in [0.717, 1.165) is 0 Å². The molecule has 3 unspecified atom stereocenters. The summed E-state index contributed by atoms with van der Waals surface area (Å²) >= 11 is 1.27. The van der Waals surface area contributed by atoms with Crippen LogP contribution in [0.15, 0.2) is 24.5 Å². The first-order valence-corrected chi connectivity index (χ1v) is 10.1. The first-order valence-electron chi connectivity index (χ1n) is 8.97. The Kier molecular flexibility index (Phi) is 10.9. The van der Waals surface area contributed by atoms with Gasteiger partial charge in [0.1, 0.15) is 12.3 Å². The average Bonchev–Trinajstić information content (AvgIpc) is 2.67. The van der Waals surface area contributed by atoms with Crippen molar-refractivity contribution in [3.05, 3.63) is 30.1 Å². The summed E-state index contributed by atoms with van der Waals surface area (Å²) in [6.07, 6.45) is 3.81. The first kappa shape index (κ1) is 23.6.